The second-order valence-electron chi connectivity index (χ2n) is 13.5. The number of hydrogen-bond acceptors (Lipinski definition) is 12. The van der Waals surface area contributed by atoms with Crippen LogP contribution < -0.4 is 40.2 Å². The van der Waals surface area contributed by atoms with Crippen molar-refractivity contribution in [1.82, 2.24) is 30.3 Å². The van der Waals surface area contributed by atoms with Gasteiger partial charge in [0, 0.05) is 92.3 Å². The maximum atomic E-state index is 12.5. The van der Waals surface area contributed by atoms with Crippen LogP contribution in [0.4, 0.5) is 34.6 Å². The van der Waals surface area contributed by atoms with Gasteiger partial charge in [0.1, 0.15) is 0 Å². The standard InChI is InChI=1S/C23H23N6O2.C17H18ClN6O2/c30-28-22-16-18(17-4-2-1-3-5-17)6-11-21(22)29(31)26-23(28)25-19-7-9-20(10-8-19)27-14-12-24-13-15-27;18-12-1-6-15-16(11-12)23(25)17(21-24(15)26)20-13-2-4-14(5-3-13)22-9-7-19-8-10-22/h1-11,16,24,30H,12-15H2,(H,25,26,31);1-6,11,19,25H,7-10H2,(H,20,21,26)/q2*+1. The molecule has 16 nitrogen and oxygen atoms in total. The highest BCUT2D eigenvalue weighted by Gasteiger charge is 2.21. The minimum absolute atomic E-state index is 0.00434. The highest BCUT2D eigenvalue weighted by molar-refractivity contribution is 6.31. The number of aromatic nitrogens is 6. The van der Waals surface area contributed by atoms with E-state index in [9.17, 15) is 20.2 Å². The van der Waals surface area contributed by atoms with Crippen LogP contribution in [0.2, 0.25) is 5.02 Å². The molecule has 0 aliphatic carbocycles. The summed E-state index contributed by atoms with van der Waals surface area (Å²) in [6.45, 7) is 7.75. The topological polar surface area (TPSA) is 177 Å². The van der Waals surface area contributed by atoms with E-state index in [2.05, 4.69) is 41.3 Å². The maximum Gasteiger partial charge on any atom is 0.322 e. The number of nitrogens with one attached hydrogen (secondary N) is 4. The van der Waals surface area contributed by atoms with Crippen LogP contribution in [0.25, 0.3) is 33.2 Å². The predicted molar refractivity (Wildman–Crippen MR) is 221 cm³/mol. The van der Waals surface area contributed by atoms with Gasteiger partial charge in [0.25, 0.3) is 0 Å². The van der Waals surface area contributed by atoms with E-state index in [1.807, 2.05) is 84.9 Å². The van der Waals surface area contributed by atoms with Crippen molar-refractivity contribution in [3.8, 4) is 11.1 Å². The summed E-state index contributed by atoms with van der Waals surface area (Å²) < 4.78 is 2.71. The lowest BCUT2D eigenvalue weighted by molar-refractivity contribution is -0.536. The van der Waals surface area contributed by atoms with Crippen molar-refractivity contribution >= 4 is 68.3 Å². The average Bonchev–Trinajstić information content (AvgIpc) is 3.26. The van der Waals surface area contributed by atoms with E-state index in [-0.39, 0.29) is 28.4 Å². The molecule has 2 saturated heterocycles. The molecular formula is C40H41ClN12O4+2. The van der Waals surface area contributed by atoms with Gasteiger partial charge in [-0.05, 0) is 83.9 Å². The Morgan fingerprint density at radius 1 is 0.561 bits per heavy atom. The van der Waals surface area contributed by atoms with Crippen LogP contribution in [-0.4, -0.2) is 82.4 Å². The van der Waals surface area contributed by atoms with E-state index in [1.54, 1.807) is 18.2 Å². The first-order valence-corrected chi connectivity index (χ1v) is 18.9. The Balaban J connectivity index is 0.000000162. The van der Waals surface area contributed by atoms with E-state index in [4.69, 9.17) is 11.6 Å². The van der Waals surface area contributed by atoms with Crippen LogP contribution in [-0.2, 0) is 0 Å². The van der Waals surface area contributed by atoms with Gasteiger partial charge in [0.15, 0.2) is 20.1 Å². The monoisotopic (exact) mass is 788 g/mol. The largest absolute Gasteiger partial charge is 0.425 e. The molecule has 6 N–H and O–H groups in total. The molecule has 17 heteroatoms. The Bertz CT molecular complexity index is 2630. The molecule has 4 heterocycles. The van der Waals surface area contributed by atoms with E-state index >= 15 is 0 Å². The Labute approximate surface area is 331 Å². The van der Waals surface area contributed by atoms with Gasteiger partial charge in [0.2, 0.25) is 0 Å². The zero-order valence-electron chi connectivity index (χ0n) is 30.8. The van der Waals surface area contributed by atoms with E-state index in [1.165, 1.54) is 12.1 Å². The van der Waals surface area contributed by atoms with Crippen LogP contribution in [0.3, 0.4) is 0 Å². The van der Waals surface area contributed by atoms with Crippen LogP contribution in [0.5, 0.6) is 0 Å². The van der Waals surface area contributed by atoms with Gasteiger partial charge in [-0.25, -0.2) is 0 Å². The lowest BCUT2D eigenvalue weighted by Crippen LogP contribution is -2.43. The van der Waals surface area contributed by atoms with Crippen LogP contribution in [0.15, 0.2) is 115 Å². The van der Waals surface area contributed by atoms with E-state index in [0.29, 0.717) is 25.3 Å². The maximum absolute atomic E-state index is 12.5. The van der Waals surface area contributed by atoms with E-state index < -0.39 is 0 Å². The Kier molecular flexibility index (Phi) is 10.8. The summed E-state index contributed by atoms with van der Waals surface area (Å²) >= 11 is 5.96. The van der Waals surface area contributed by atoms with Crippen LogP contribution in [0.1, 0.15) is 0 Å². The van der Waals surface area contributed by atoms with Gasteiger partial charge in [-0.1, -0.05) is 41.9 Å². The molecular weight excluding hydrogens is 748 g/mol. The third-order valence-corrected chi connectivity index (χ3v) is 10.1. The molecule has 0 atom stereocenters. The lowest BCUT2D eigenvalue weighted by Gasteiger charge is -2.29. The smallest absolute Gasteiger partial charge is 0.322 e. The molecule has 2 fully saturated rings. The fourth-order valence-corrected chi connectivity index (χ4v) is 7.02. The normalized spacial score (nSPS) is 14.3. The Hall–Kier alpha value is -6.75. The third kappa shape index (κ3) is 8.28. The summed E-state index contributed by atoms with van der Waals surface area (Å²) in [7, 11) is 0. The number of hydrogen-bond donors (Lipinski definition) is 6. The lowest BCUT2D eigenvalue weighted by atomic mass is 10.1. The molecule has 0 radical (unpaired) electrons. The third-order valence-electron chi connectivity index (χ3n) is 9.87. The first-order chi connectivity index (χ1) is 27.8. The molecule has 0 saturated carbocycles. The highest BCUT2D eigenvalue weighted by atomic mass is 35.5. The first-order valence-electron chi connectivity index (χ1n) is 18.5. The molecule has 5 aromatic carbocycles. The summed E-state index contributed by atoms with van der Waals surface area (Å²) in [6.07, 6.45) is 0. The van der Waals surface area contributed by atoms with Gasteiger partial charge in [-0.2, -0.15) is 0 Å². The molecule has 0 amide bonds. The van der Waals surface area contributed by atoms with Gasteiger partial charge in [0.05, 0.1) is 20.0 Å². The summed E-state index contributed by atoms with van der Waals surface area (Å²) in [5.41, 5.74) is 6.73. The Morgan fingerprint density at radius 2 is 1.02 bits per heavy atom. The zero-order chi connectivity index (χ0) is 39.3. The summed E-state index contributed by atoms with van der Waals surface area (Å²) in [5.74, 6) is 0.0484. The zero-order valence-corrected chi connectivity index (χ0v) is 31.5. The highest BCUT2D eigenvalue weighted by Crippen LogP contribution is 2.26. The SMILES string of the molecule is O=[n+]1nc(Nc2ccc(N3CCNCC3)cc2)n(O)c2cc(-c3ccccc3)ccc21.O=[n+]1nc(Nc2ccc(N3CCNCC3)cc2)n(O)c2cc(Cl)ccc21. The molecule has 290 valence electrons. The molecule has 2 aromatic heterocycles. The minimum atomic E-state index is 0.00434. The second kappa shape index (κ2) is 16.5. The predicted octanol–water partition coefficient (Wildman–Crippen LogP) is 5.00. The average molecular weight is 789 g/mol. The number of rotatable bonds is 7. The molecule has 57 heavy (non-hydrogen) atoms. The van der Waals surface area contributed by atoms with Crippen LogP contribution in [0, 0.1) is 9.81 Å². The number of piperazine rings is 2. The van der Waals surface area contributed by atoms with Crippen LogP contribution >= 0.6 is 11.6 Å². The number of anilines is 6. The van der Waals surface area contributed by atoms with Gasteiger partial charge >= 0.3 is 22.9 Å². The van der Waals surface area contributed by atoms with Gasteiger partial charge in [-0.15, -0.1) is 9.46 Å². The summed E-state index contributed by atoms with van der Waals surface area (Å²) in [5, 5.41) is 42.1. The second-order valence-corrected chi connectivity index (χ2v) is 14.0. The van der Waals surface area contributed by atoms with E-state index in [0.717, 1.165) is 90.0 Å². The molecule has 0 bridgehead atoms. The molecule has 9 rings (SSSR count). The number of nitrogens with zero attached hydrogens (tertiary/aromatic N) is 8. The van der Waals surface area contributed by atoms with Crippen molar-refractivity contribution in [1.29, 1.82) is 0 Å². The number of halogens is 1. The Morgan fingerprint density at radius 3 is 1.51 bits per heavy atom. The van der Waals surface area contributed by atoms with Crippen molar-refractivity contribution in [3.05, 3.63) is 130 Å². The van der Waals surface area contributed by atoms with Gasteiger partial charge < -0.3 is 41.5 Å². The van der Waals surface area contributed by atoms with Crippen molar-refractivity contribution in [3.63, 3.8) is 0 Å². The fourth-order valence-electron chi connectivity index (χ4n) is 6.86. The fraction of sp³-hybridized carbons (Fsp3) is 0.200. The van der Waals surface area contributed by atoms with Crippen molar-refractivity contribution in [2.75, 3.05) is 72.8 Å². The minimum Gasteiger partial charge on any atom is -0.425 e. The number of benzene rings is 5. The molecule has 7 aromatic rings. The molecule has 2 aliphatic rings. The number of fused-ring (bicyclic) bond motifs is 2. The van der Waals surface area contributed by atoms with Gasteiger partial charge in [-0.3, -0.25) is 0 Å². The van der Waals surface area contributed by atoms with Crippen molar-refractivity contribution < 1.29 is 19.5 Å². The molecule has 2 aliphatic heterocycles. The summed E-state index contributed by atoms with van der Waals surface area (Å²) in [4.78, 5) is 29.2. The van der Waals surface area contributed by atoms with Crippen molar-refractivity contribution in [2.24, 2.45) is 0 Å². The quantitative estimate of drug-likeness (QED) is 0.0943. The molecule has 0 spiro atoms. The summed E-state index contributed by atoms with van der Waals surface area (Å²) in [6, 6.07) is 35.3. The van der Waals surface area contributed by atoms with Crippen molar-refractivity contribution in [2.45, 2.75) is 0 Å². The molecule has 0 unspecified atom stereocenters. The first kappa shape index (κ1) is 37.2.